The maximum absolute atomic E-state index is 14.4. The summed E-state index contributed by atoms with van der Waals surface area (Å²) in [5.74, 6) is -8.13. The molecular weight excluding hydrogens is 1330 g/mol. The molecule has 5 aliphatic carbocycles. The van der Waals surface area contributed by atoms with E-state index in [0.29, 0.717) is 71.0 Å². The van der Waals surface area contributed by atoms with Gasteiger partial charge in [-0.3, -0.25) is 38.4 Å². The van der Waals surface area contributed by atoms with Crippen molar-refractivity contribution in [2.45, 2.75) is 85.5 Å². The Labute approximate surface area is 605 Å². The van der Waals surface area contributed by atoms with Crippen molar-refractivity contribution in [2.75, 3.05) is 76.1 Å². The Morgan fingerprint density at radius 3 is 1.12 bits per heavy atom. The molecule has 0 saturated heterocycles. The SMILES string of the molecule is CCCOC(=O)[C@@H]1C[C@H]1C(=O)Nc1cccc(NC(=O)[C@@H]2C[C@H]2C(=O)OCCC)c1\C1=C(N)/C=C\C=C(/c2c(OC)cccc2OC)C\C=C/C(N)=C(c2c(NC(=O)[C@@H]3C[C@H]3C(=O)OCCC)cccc2NC(=O)[C@@H]2C[C@H]2C(=O)OCCC)/C(N)=C/C=C/C(c2c(OC)cccc2OC)=C/C=C\C1=N. The minimum Gasteiger partial charge on any atom is -0.496 e. The Morgan fingerprint density at radius 2 is 0.740 bits per heavy atom. The van der Waals surface area contributed by atoms with Crippen LogP contribution in [0.5, 0.6) is 23.0 Å². The van der Waals surface area contributed by atoms with Gasteiger partial charge in [-0.05, 0) is 142 Å². The quantitative estimate of drug-likeness (QED) is 0.0193. The van der Waals surface area contributed by atoms with Crippen molar-refractivity contribution in [1.82, 2.24) is 0 Å². The van der Waals surface area contributed by atoms with Gasteiger partial charge >= 0.3 is 23.9 Å². The Hall–Kier alpha value is -11.4. The number of esters is 4. The van der Waals surface area contributed by atoms with Crippen molar-refractivity contribution in [3.63, 3.8) is 0 Å². The number of amides is 4. The molecule has 9 rings (SSSR count). The Bertz CT molecular complexity index is 4090. The molecule has 4 saturated carbocycles. The van der Waals surface area contributed by atoms with Crippen LogP contribution in [0.15, 0.2) is 157 Å². The standard InChI is InChI=1S/C80H92N8O16/c1-9-37-101-77(93)51-41-47(51)73(89)85-59-29-17-30-60(86-74(90)48-42-52(48)78(94)102-38-10-2)71(59)69-55(81)25-13-21-45(67-63(97-5)33-19-34-64(67)98-6)23-15-27-57(83)70(58(84)28-16-24-46(22-14-26-56(69)82)68-65(99-7)35-20-36-66(68)100-8)72-61(87-75(91)49-43-53(49)79(95)103-39-11-3)31-18-32-62(72)88-76(92)50-44-54(50)80(96)104-40-12-4/h13-23,25-36,47-54,81H,9-12,24,37-44,82-84H2,1-8H3,(H,85,89)(H,86,90)(H,87,91)(H,88,92)/b23-15+,25-13-,26-14-,28-16-,45-21-,46-22-,57-27-,69-56+,70-58+,81-55?/t47-,48-,49-,50-,51-,52-,53-,54-/m1/s1. The predicted molar refractivity (Wildman–Crippen MR) is 397 cm³/mol. The number of nitrogens with one attached hydrogen (secondary N) is 5. The lowest BCUT2D eigenvalue weighted by atomic mass is 9.93. The van der Waals surface area contributed by atoms with Gasteiger partial charge in [-0.25, -0.2) is 0 Å². The number of anilines is 4. The largest absolute Gasteiger partial charge is 0.496 e. The topological polar surface area (TPSA) is 360 Å². The van der Waals surface area contributed by atoms with Gasteiger partial charge in [0.05, 0.1) is 142 Å². The lowest BCUT2D eigenvalue weighted by Gasteiger charge is -2.21. The first-order valence-corrected chi connectivity index (χ1v) is 35.0. The number of allylic oxidation sites excluding steroid dienone is 15. The summed E-state index contributed by atoms with van der Waals surface area (Å²) in [6.07, 6.45) is 21.3. The van der Waals surface area contributed by atoms with Crippen molar-refractivity contribution in [3.8, 4) is 23.0 Å². The van der Waals surface area contributed by atoms with E-state index in [9.17, 15) is 43.8 Å². The van der Waals surface area contributed by atoms with E-state index in [4.69, 9.17) is 55.1 Å². The second kappa shape index (κ2) is 35.9. The summed E-state index contributed by atoms with van der Waals surface area (Å²) in [4.78, 5) is 110. The lowest BCUT2D eigenvalue weighted by molar-refractivity contribution is -0.146. The summed E-state index contributed by atoms with van der Waals surface area (Å²) in [5.41, 5.74) is 24.9. The fourth-order valence-electron chi connectivity index (χ4n) is 12.3. The van der Waals surface area contributed by atoms with E-state index in [2.05, 4.69) is 21.3 Å². The summed E-state index contributed by atoms with van der Waals surface area (Å²) in [6, 6.07) is 20.2. The third-order valence-corrected chi connectivity index (χ3v) is 18.1. The van der Waals surface area contributed by atoms with Gasteiger partial charge in [0.1, 0.15) is 23.0 Å². The number of hydrogen-bond donors (Lipinski definition) is 8. The van der Waals surface area contributed by atoms with Gasteiger partial charge in [0.15, 0.2) is 0 Å². The van der Waals surface area contributed by atoms with Gasteiger partial charge < -0.3 is 81.8 Å². The maximum atomic E-state index is 14.4. The van der Waals surface area contributed by atoms with E-state index in [1.54, 1.807) is 134 Å². The molecule has 0 heterocycles. The molecule has 0 unspecified atom stereocenters. The van der Waals surface area contributed by atoms with Crippen LogP contribution in [0.3, 0.4) is 0 Å². The van der Waals surface area contributed by atoms with Crippen LogP contribution in [-0.2, 0) is 57.3 Å². The number of methoxy groups -OCH3 is 4. The zero-order chi connectivity index (χ0) is 74.7. The lowest BCUT2D eigenvalue weighted by Crippen LogP contribution is -2.22. The number of rotatable bonds is 28. The molecule has 4 fully saturated rings. The third kappa shape index (κ3) is 18.8. The molecule has 0 aliphatic heterocycles. The number of carbonyl (C=O) groups excluding carboxylic acids is 8. The summed E-state index contributed by atoms with van der Waals surface area (Å²) < 4.78 is 45.4. The highest BCUT2D eigenvalue weighted by Crippen LogP contribution is 2.47. The van der Waals surface area contributed by atoms with Crippen LogP contribution in [0, 0.1) is 52.8 Å². The summed E-state index contributed by atoms with van der Waals surface area (Å²) in [6.45, 7) is 8.26. The Balaban J connectivity index is 1.25. The molecule has 4 aromatic rings. The molecule has 24 nitrogen and oxygen atoms in total. The molecule has 0 bridgehead atoms. The zero-order valence-electron chi connectivity index (χ0n) is 59.9. The first-order chi connectivity index (χ1) is 50.2. The van der Waals surface area contributed by atoms with Crippen LogP contribution >= 0.6 is 0 Å². The molecular formula is C80H92N8O16. The van der Waals surface area contributed by atoms with E-state index in [-0.39, 0.29) is 126 Å². The number of hydrogen-bond acceptors (Lipinski definition) is 20. The van der Waals surface area contributed by atoms with Crippen LogP contribution in [0.4, 0.5) is 22.7 Å². The van der Waals surface area contributed by atoms with Gasteiger partial charge in [-0.15, -0.1) is 0 Å². The van der Waals surface area contributed by atoms with Crippen LogP contribution in [0.25, 0.3) is 22.3 Å². The fourth-order valence-corrected chi connectivity index (χ4v) is 12.3. The second-order valence-electron chi connectivity index (χ2n) is 25.6. The van der Waals surface area contributed by atoms with Crippen molar-refractivity contribution >= 4 is 98.3 Å². The van der Waals surface area contributed by atoms with Crippen molar-refractivity contribution in [1.29, 1.82) is 5.41 Å². The number of nitrogens with two attached hydrogens (primary N) is 3. The van der Waals surface area contributed by atoms with E-state index < -0.39 is 94.8 Å². The molecule has 24 heteroatoms. The molecule has 8 atom stereocenters. The minimum absolute atomic E-state index is 0.0183. The minimum atomic E-state index is -0.753. The molecule has 4 aromatic carbocycles. The van der Waals surface area contributed by atoms with E-state index >= 15 is 0 Å². The fraction of sp³-hybridized carbons (Fsp3) is 0.362. The summed E-state index contributed by atoms with van der Waals surface area (Å²) in [7, 11) is 6.01. The van der Waals surface area contributed by atoms with Gasteiger partial charge in [0.25, 0.3) is 0 Å². The normalized spacial score (nSPS) is 24.7. The van der Waals surface area contributed by atoms with Gasteiger partial charge in [-0.1, -0.05) is 94.5 Å². The van der Waals surface area contributed by atoms with Crippen LogP contribution in [0.1, 0.15) is 108 Å². The number of ether oxygens (including phenoxy) is 8. The first-order valence-electron chi connectivity index (χ1n) is 35.0. The van der Waals surface area contributed by atoms with Gasteiger partial charge in [0.2, 0.25) is 23.6 Å². The average molecular weight is 1420 g/mol. The van der Waals surface area contributed by atoms with Crippen LogP contribution < -0.4 is 57.4 Å². The number of benzene rings is 4. The van der Waals surface area contributed by atoms with Crippen LogP contribution in [-0.4, -0.2) is 108 Å². The Morgan fingerprint density at radius 1 is 0.404 bits per heavy atom. The van der Waals surface area contributed by atoms with E-state index in [0.717, 1.165) is 0 Å². The van der Waals surface area contributed by atoms with Crippen molar-refractivity contribution < 1.29 is 76.3 Å². The average Bonchev–Trinajstić information content (AvgIpc) is 1.76. The maximum Gasteiger partial charge on any atom is 0.309 e. The van der Waals surface area contributed by atoms with Crippen molar-refractivity contribution in [3.05, 3.63) is 179 Å². The molecule has 0 aromatic heterocycles. The van der Waals surface area contributed by atoms with Crippen molar-refractivity contribution in [2.24, 2.45) is 64.5 Å². The van der Waals surface area contributed by atoms with Gasteiger partial charge in [-0.2, -0.15) is 0 Å². The van der Waals surface area contributed by atoms with E-state index in [1.165, 1.54) is 34.5 Å². The molecule has 5 aliphatic rings. The monoisotopic (exact) mass is 1420 g/mol. The zero-order valence-corrected chi connectivity index (χ0v) is 59.9. The predicted octanol–water partition coefficient (Wildman–Crippen LogP) is 11.5. The molecule has 0 spiro atoms. The molecule has 548 valence electrons. The van der Waals surface area contributed by atoms with Gasteiger partial charge in [0, 0.05) is 39.4 Å². The highest BCUT2D eigenvalue weighted by Gasteiger charge is 2.52. The molecule has 0 radical (unpaired) electrons. The summed E-state index contributed by atoms with van der Waals surface area (Å²) >= 11 is 0. The highest BCUT2D eigenvalue weighted by molar-refractivity contribution is 6.32. The van der Waals surface area contributed by atoms with E-state index in [1.807, 2.05) is 27.7 Å². The smallest absolute Gasteiger partial charge is 0.309 e. The molecule has 104 heavy (non-hydrogen) atoms. The molecule has 4 amide bonds. The molecule has 11 N–H and O–H groups in total. The Kier molecular flexibility index (Phi) is 26.5. The third-order valence-electron chi connectivity index (χ3n) is 18.1. The second-order valence-corrected chi connectivity index (χ2v) is 25.6. The van der Waals surface area contributed by atoms with Crippen LogP contribution in [0.2, 0.25) is 0 Å². The highest BCUT2D eigenvalue weighted by atomic mass is 16.5. The first kappa shape index (κ1) is 76.7. The summed E-state index contributed by atoms with van der Waals surface area (Å²) in [5, 5.41) is 22.1. The number of carbonyl (C=O) groups is 8.